The van der Waals surface area contributed by atoms with Crippen molar-refractivity contribution in [2.24, 2.45) is 0 Å². The standard InChI is InChI=1S/C20H15BrF3NO2/c21-16-13(7-4-8-14(16)20(22,23)24)15-17(26)18(11-5-2-1-3-6-11)27-19(15)25-12-9-10-12/h1-8,12,25-26H,9-10H2. The first-order valence-electron chi connectivity index (χ1n) is 8.40. The van der Waals surface area contributed by atoms with E-state index in [2.05, 4.69) is 21.2 Å². The maximum absolute atomic E-state index is 13.3. The van der Waals surface area contributed by atoms with Crippen LogP contribution in [0.3, 0.4) is 0 Å². The van der Waals surface area contributed by atoms with Crippen molar-refractivity contribution < 1.29 is 22.7 Å². The molecule has 3 aromatic rings. The summed E-state index contributed by atoms with van der Waals surface area (Å²) < 4.78 is 45.6. The Labute approximate surface area is 162 Å². The Bertz CT molecular complexity index is 979. The minimum absolute atomic E-state index is 0.132. The molecule has 1 aliphatic carbocycles. The molecule has 4 rings (SSSR count). The molecule has 1 aliphatic rings. The van der Waals surface area contributed by atoms with Crippen LogP contribution in [0.25, 0.3) is 22.5 Å². The largest absolute Gasteiger partial charge is 0.504 e. The summed E-state index contributed by atoms with van der Waals surface area (Å²) >= 11 is 3.07. The van der Waals surface area contributed by atoms with E-state index >= 15 is 0 Å². The molecule has 2 aromatic carbocycles. The van der Waals surface area contributed by atoms with E-state index in [1.165, 1.54) is 12.1 Å². The first-order chi connectivity index (χ1) is 12.9. The van der Waals surface area contributed by atoms with Gasteiger partial charge in [0.1, 0.15) is 0 Å². The lowest BCUT2D eigenvalue weighted by Gasteiger charge is -2.13. The summed E-state index contributed by atoms with van der Waals surface area (Å²) in [6.45, 7) is 0. The number of anilines is 1. The van der Waals surface area contributed by atoms with Gasteiger partial charge in [-0.15, -0.1) is 0 Å². The van der Waals surface area contributed by atoms with Crippen molar-refractivity contribution in [3.63, 3.8) is 0 Å². The van der Waals surface area contributed by atoms with Crippen molar-refractivity contribution in [3.8, 4) is 28.2 Å². The van der Waals surface area contributed by atoms with Crippen LogP contribution in [0.2, 0.25) is 0 Å². The summed E-state index contributed by atoms with van der Waals surface area (Å²) in [6.07, 6.45) is -2.61. The average molecular weight is 438 g/mol. The third-order valence-corrected chi connectivity index (χ3v) is 5.26. The van der Waals surface area contributed by atoms with E-state index in [4.69, 9.17) is 4.42 Å². The molecule has 0 unspecified atom stereocenters. The molecule has 140 valence electrons. The van der Waals surface area contributed by atoms with Gasteiger partial charge in [-0.05, 0) is 34.8 Å². The normalized spacial score (nSPS) is 14.4. The molecule has 0 atom stereocenters. The SMILES string of the molecule is Oc1c(-c2ccccc2)oc(NC2CC2)c1-c1cccc(C(F)(F)F)c1Br. The second-order valence-corrected chi connectivity index (χ2v) is 7.23. The molecule has 2 N–H and O–H groups in total. The molecular weight excluding hydrogens is 423 g/mol. The molecule has 1 aromatic heterocycles. The van der Waals surface area contributed by atoms with E-state index in [-0.39, 0.29) is 39.0 Å². The summed E-state index contributed by atoms with van der Waals surface area (Å²) in [5.74, 6) is 0.302. The molecule has 0 saturated heterocycles. The van der Waals surface area contributed by atoms with E-state index < -0.39 is 11.7 Å². The van der Waals surface area contributed by atoms with Crippen molar-refractivity contribution in [1.82, 2.24) is 0 Å². The summed E-state index contributed by atoms with van der Waals surface area (Å²) in [5, 5.41) is 14.0. The molecule has 1 fully saturated rings. The number of nitrogens with one attached hydrogen (secondary N) is 1. The Balaban J connectivity index is 1.91. The van der Waals surface area contributed by atoms with E-state index in [1.807, 2.05) is 6.07 Å². The zero-order valence-corrected chi connectivity index (χ0v) is 15.6. The zero-order valence-electron chi connectivity index (χ0n) is 14.0. The van der Waals surface area contributed by atoms with Gasteiger partial charge in [-0.2, -0.15) is 13.2 Å². The highest BCUT2D eigenvalue weighted by molar-refractivity contribution is 9.10. The lowest BCUT2D eigenvalue weighted by atomic mass is 10.0. The summed E-state index contributed by atoms with van der Waals surface area (Å²) in [4.78, 5) is 0. The Kier molecular flexibility index (Phi) is 4.42. The second kappa shape index (κ2) is 6.64. The van der Waals surface area contributed by atoms with Gasteiger partial charge in [-0.3, -0.25) is 0 Å². The number of furan rings is 1. The van der Waals surface area contributed by atoms with Gasteiger partial charge < -0.3 is 14.8 Å². The Hall–Kier alpha value is -2.41. The number of hydrogen-bond donors (Lipinski definition) is 2. The maximum atomic E-state index is 13.3. The monoisotopic (exact) mass is 437 g/mol. The van der Waals surface area contributed by atoms with Crippen LogP contribution in [0.4, 0.5) is 19.1 Å². The smallest absolute Gasteiger partial charge is 0.417 e. The second-order valence-electron chi connectivity index (χ2n) is 6.43. The fourth-order valence-electron chi connectivity index (χ4n) is 2.92. The molecule has 0 bridgehead atoms. The van der Waals surface area contributed by atoms with Gasteiger partial charge in [-0.25, -0.2) is 0 Å². The lowest BCUT2D eigenvalue weighted by Crippen LogP contribution is -2.07. The Morgan fingerprint density at radius 2 is 1.74 bits per heavy atom. The average Bonchev–Trinajstić information content (AvgIpc) is 3.38. The first kappa shape index (κ1) is 18.0. The summed E-state index contributed by atoms with van der Waals surface area (Å²) in [6, 6.07) is 13.0. The number of rotatable bonds is 4. The molecule has 0 aliphatic heterocycles. The zero-order chi connectivity index (χ0) is 19.2. The minimum Gasteiger partial charge on any atom is -0.504 e. The molecule has 0 spiro atoms. The van der Waals surface area contributed by atoms with Gasteiger partial charge in [0.2, 0.25) is 5.88 Å². The van der Waals surface area contributed by atoms with Crippen molar-refractivity contribution in [2.75, 3.05) is 5.32 Å². The van der Waals surface area contributed by atoms with Gasteiger partial charge in [-0.1, -0.05) is 42.5 Å². The van der Waals surface area contributed by atoms with Crippen LogP contribution in [0.15, 0.2) is 57.4 Å². The van der Waals surface area contributed by atoms with Gasteiger partial charge in [0.05, 0.1) is 11.1 Å². The predicted molar refractivity (Wildman–Crippen MR) is 101 cm³/mol. The van der Waals surface area contributed by atoms with Crippen LogP contribution in [-0.4, -0.2) is 11.1 Å². The Morgan fingerprint density at radius 1 is 1.04 bits per heavy atom. The van der Waals surface area contributed by atoms with Gasteiger partial charge in [0.15, 0.2) is 11.5 Å². The van der Waals surface area contributed by atoms with E-state index in [0.29, 0.717) is 5.56 Å². The van der Waals surface area contributed by atoms with Crippen LogP contribution in [0, 0.1) is 0 Å². The van der Waals surface area contributed by atoms with E-state index in [9.17, 15) is 18.3 Å². The molecule has 27 heavy (non-hydrogen) atoms. The van der Waals surface area contributed by atoms with Crippen LogP contribution >= 0.6 is 15.9 Å². The summed E-state index contributed by atoms with van der Waals surface area (Å²) in [5.41, 5.74) is 0.276. The predicted octanol–water partition coefficient (Wildman–Crippen LogP) is 6.67. The number of halogens is 4. The molecule has 7 heteroatoms. The molecular formula is C20H15BrF3NO2. The Morgan fingerprint density at radius 3 is 2.37 bits per heavy atom. The van der Waals surface area contributed by atoms with Crippen LogP contribution in [0.1, 0.15) is 18.4 Å². The number of benzene rings is 2. The topological polar surface area (TPSA) is 45.4 Å². The van der Waals surface area contributed by atoms with Crippen LogP contribution in [0.5, 0.6) is 5.75 Å². The highest BCUT2D eigenvalue weighted by atomic mass is 79.9. The quantitative estimate of drug-likeness (QED) is 0.478. The lowest BCUT2D eigenvalue weighted by molar-refractivity contribution is -0.138. The highest BCUT2D eigenvalue weighted by Gasteiger charge is 2.36. The number of hydrogen-bond acceptors (Lipinski definition) is 3. The number of alkyl halides is 3. The van der Waals surface area contributed by atoms with Crippen LogP contribution < -0.4 is 5.32 Å². The van der Waals surface area contributed by atoms with Crippen molar-refractivity contribution in [3.05, 3.63) is 58.6 Å². The fraction of sp³-hybridized carbons (Fsp3) is 0.200. The molecule has 3 nitrogen and oxygen atoms in total. The molecule has 1 saturated carbocycles. The van der Waals surface area contributed by atoms with Gasteiger partial charge >= 0.3 is 6.18 Å². The molecule has 0 amide bonds. The minimum atomic E-state index is -4.51. The van der Waals surface area contributed by atoms with E-state index in [1.54, 1.807) is 24.3 Å². The maximum Gasteiger partial charge on any atom is 0.417 e. The van der Waals surface area contributed by atoms with Gasteiger partial charge in [0, 0.05) is 21.6 Å². The molecule has 0 radical (unpaired) electrons. The third kappa shape index (κ3) is 3.43. The van der Waals surface area contributed by atoms with Gasteiger partial charge in [0.25, 0.3) is 0 Å². The van der Waals surface area contributed by atoms with Crippen molar-refractivity contribution >= 4 is 21.8 Å². The third-order valence-electron chi connectivity index (χ3n) is 4.41. The first-order valence-corrected chi connectivity index (χ1v) is 9.19. The summed E-state index contributed by atoms with van der Waals surface area (Å²) in [7, 11) is 0. The fourth-order valence-corrected chi connectivity index (χ4v) is 3.60. The highest BCUT2D eigenvalue weighted by Crippen LogP contribution is 2.50. The van der Waals surface area contributed by atoms with Crippen molar-refractivity contribution in [2.45, 2.75) is 25.1 Å². The van der Waals surface area contributed by atoms with E-state index in [0.717, 1.165) is 18.9 Å². The molecule has 1 heterocycles. The van der Waals surface area contributed by atoms with Crippen molar-refractivity contribution in [1.29, 1.82) is 0 Å². The number of aromatic hydroxyl groups is 1. The van der Waals surface area contributed by atoms with Crippen LogP contribution in [-0.2, 0) is 6.18 Å².